The molecule has 0 radical (unpaired) electrons. The standard InChI is InChI=1S/C10H17N5O/c1-10(7-11,8-2-3-8)13-9(16)6-15-5-4-12-14-15/h4-5,8H,2-3,6-7,11H2,1H3,(H,13,16). The SMILES string of the molecule is CC(CN)(NC(=O)Cn1ccnn1)C1CC1. The number of nitrogens with two attached hydrogens (primary N) is 1. The molecule has 6 nitrogen and oxygen atoms in total. The van der Waals surface area contributed by atoms with Crippen LogP contribution in [0, 0.1) is 5.92 Å². The molecule has 6 heteroatoms. The molecule has 16 heavy (non-hydrogen) atoms. The van der Waals surface area contributed by atoms with Crippen molar-refractivity contribution in [3.8, 4) is 0 Å². The van der Waals surface area contributed by atoms with Gasteiger partial charge in [-0.05, 0) is 25.7 Å². The molecule has 1 unspecified atom stereocenters. The van der Waals surface area contributed by atoms with Gasteiger partial charge in [0.25, 0.3) is 0 Å². The van der Waals surface area contributed by atoms with Gasteiger partial charge in [0, 0.05) is 12.7 Å². The van der Waals surface area contributed by atoms with E-state index in [-0.39, 0.29) is 18.0 Å². The van der Waals surface area contributed by atoms with Crippen molar-refractivity contribution in [2.24, 2.45) is 11.7 Å². The van der Waals surface area contributed by atoms with Gasteiger partial charge >= 0.3 is 0 Å². The molecule has 0 bridgehead atoms. The van der Waals surface area contributed by atoms with Crippen molar-refractivity contribution in [1.29, 1.82) is 0 Å². The lowest BCUT2D eigenvalue weighted by Gasteiger charge is -2.29. The van der Waals surface area contributed by atoms with Crippen molar-refractivity contribution in [3.63, 3.8) is 0 Å². The fourth-order valence-electron chi connectivity index (χ4n) is 1.86. The van der Waals surface area contributed by atoms with E-state index in [4.69, 9.17) is 5.73 Å². The van der Waals surface area contributed by atoms with Crippen molar-refractivity contribution in [2.45, 2.75) is 31.8 Å². The summed E-state index contributed by atoms with van der Waals surface area (Å²) in [5.41, 5.74) is 5.45. The Morgan fingerprint density at radius 3 is 2.94 bits per heavy atom. The molecule has 1 aromatic heterocycles. The summed E-state index contributed by atoms with van der Waals surface area (Å²) in [7, 11) is 0. The highest BCUT2D eigenvalue weighted by Crippen LogP contribution is 2.38. The van der Waals surface area contributed by atoms with Gasteiger partial charge in [0.2, 0.25) is 5.91 Å². The Balaban J connectivity index is 1.90. The molecule has 0 aromatic carbocycles. The molecule has 88 valence electrons. The van der Waals surface area contributed by atoms with Gasteiger partial charge in [0.15, 0.2) is 0 Å². The zero-order chi connectivity index (χ0) is 11.6. The largest absolute Gasteiger partial charge is 0.348 e. The zero-order valence-corrected chi connectivity index (χ0v) is 9.39. The highest BCUT2D eigenvalue weighted by molar-refractivity contribution is 5.76. The monoisotopic (exact) mass is 223 g/mol. The first-order valence-electron chi connectivity index (χ1n) is 5.49. The predicted molar refractivity (Wildman–Crippen MR) is 58.3 cm³/mol. The summed E-state index contributed by atoms with van der Waals surface area (Å²) < 4.78 is 1.50. The van der Waals surface area contributed by atoms with Crippen LogP contribution in [0.5, 0.6) is 0 Å². The second kappa shape index (κ2) is 4.21. The average molecular weight is 223 g/mol. The van der Waals surface area contributed by atoms with Gasteiger partial charge in [0.05, 0.1) is 11.7 Å². The molecule has 3 N–H and O–H groups in total. The number of rotatable bonds is 5. The first-order valence-corrected chi connectivity index (χ1v) is 5.49. The Hall–Kier alpha value is -1.43. The van der Waals surface area contributed by atoms with Crippen LogP contribution in [0.25, 0.3) is 0 Å². The summed E-state index contributed by atoms with van der Waals surface area (Å²) >= 11 is 0. The number of carbonyl (C=O) groups excluding carboxylic acids is 1. The lowest BCUT2D eigenvalue weighted by atomic mass is 9.96. The third kappa shape index (κ3) is 2.38. The van der Waals surface area contributed by atoms with E-state index in [1.54, 1.807) is 12.4 Å². The van der Waals surface area contributed by atoms with Crippen LogP contribution >= 0.6 is 0 Å². The molecule has 1 aliphatic rings. The minimum atomic E-state index is -0.266. The van der Waals surface area contributed by atoms with Crippen molar-refractivity contribution in [2.75, 3.05) is 6.54 Å². The van der Waals surface area contributed by atoms with Crippen LogP contribution in [0.15, 0.2) is 12.4 Å². The van der Waals surface area contributed by atoms with Crippen LogP contribution in [0.1, 0.15) is 19.8 Å². The molecule has 0 aliphatic heterocycles. The van der Waals surface area contributed by atoms with E-state index in [9.17, 15) is 4.79 Å². The highest BCUT2D eigenvalue weighted by Gasteiger charge is 2.41. The average Bonchev–Trinajstić information content (AvgIpc) is 3.00. The van der Waals surface area contributed by atoms with Crippen LogP contribution in [0.2, 0.25) is 0 Å². The van der Waals surface area contributed by atoms with Gasteiger partial charge in [-0.3, -0.25) is 4.79 Å². The Labute approximate surface area is 94.2 Å². The van der Waals surface area contributed by atoms with Crippen molar-refractivity contribution in [1.82, 2.24) is 20.3 Å². The van der Waals surface area contributed by atoms with Crippen LogP contribution in [0.3, 0.4) is 0 Å². The van der Waals surface area contributed by atoms with Gasteiger partial charge in [-0.1, -0.05) is 5.21 Å². The third-order valence-corrected chi connectivity index (χ3v) is 3.10. The number of carbonyl (C=O) groups is 1. The van der Waals surface area contributed by atoms with Gasteiger partial charge in [-0.2, -0.15) is 0 Å². The lowest BCUT2D eigenvalue weighted by molar-refractivity contribution is -0.123. The van der Waals surface area contributed by atoms with E-state index in [1.807, 2.05) is 6.92 Å². The number of amides is 1. The van der Waals surface area contributed by atoms with E-state index in [0.29, 0.717) is 12.5 Å². The third-order valence-electron chi connectivity index (χ3n) is 3.10. The lowest BCUT2D eigenvalue weighted by Crippen LogP contribution is -2.53. The molecule has 1 heterocycles. The molecule has 1 amide bonds. The minimum Gasteiger partial charge on any atom is -0.348 e. The Morgan fingerprint density at radius 2 is 2.44 bits per heavy atom. The van der Waals surface area contributed by atoms with E-state index in [2.05, 4.69) is 15.6 Å². The predicted octanol–water partition coefficient (Wildman–Crippen LogP) is -0.478. The maximum Gasteiger partial charge on any atom is 0.242 e. The van der Waals surface area contributed by atoms with Crippen LogP contribution in [-0.4, -0.2) is 33.0 Å². The van der Waals surface area contributed by atoms with Crippen molar-refractivity contribution < 1.29 is 4.79 Å². The zero-order valence-electron chi connectivity index (χ0n) is 9.39. The smallest absolute Gasteiger partial charge is 0.242 e. The summed E-state index contributed by atoms with van der Waals surface area (Å²) in [6.07, 6.45) is 5.52. The molecule has 1 saturated carbocycles. The Kier molecular flexibility index (Phi) is 2.91. The van der Waals surface area contributed by atoms with E-state index < -0.39 is 0 Å². The molecule has 2 rings (SSSR count). The highest BCUT2D eigenvalue weighted by atomic mass is 16.2. The summed E-state index contributed by atoms with van der Waals surface area (Å²) in [5.74, 6) is 0.461. The molecule has 0 spiro atoms. The number of hydrogen-bond donors (Lipinski definition) is 2. The second-order valence-corrected chi connectivity index (χ2v) is 4.54. The van der Waals surface area contributed by atoms with Gasteiger partial charge in [-0.15, -0.1) is 5.10 Å². The normalized spacial score (nSPS) is 19.1. The molecular weight excluding hydrogens is 206 g/mol. The van der Waals surface area contributed by atoms with Gasteiger partial charge in [0.1, 0.15) is 6.54 Å². The molecule has 1 aromatic rings. The fraction of sp³-hybridized carbons (Fsp3) is 0.700. The van der Waals surface area contributed by atoms with Gasteiger partial charge < -0.3 is 11.1 Å². The maximum absolute atomic E-state index is 11.8. The molecule has 0 saturated heterocycles. The van der Waals surface area contributed by atoms with E-state index in [1.165, 1.54) is 4.68 Å². The quantitative estimate of drug-likeness (QED) is 0.706. The second-order valence-electron chi connectivity index (χ2n) is 4.54. The summed E-state index contributed by atoms with van der Waals surface area (Å²) in [4.78, 5) is 11.8. The van der Waals surface area contributed by atoms with E-state index >= 15 is 0 Å². The molecule has 1 aliphatic carbocycles. The Bertz CT molecular complexity index is 359. The summed E-state index contributed by atoms with van der Waals surface area (Å²) in [6, 6.07) is 0. The topological polar surface area (TPSA) is 85.8 Å². The molecule has 1 fully saturated rings. The fourth-order valence-corrected chi connectivity index (χ4v) is 1.86. The van der Waals surface area contributed by atoms with Crippen LogP contribution in [0.4, 0.5) is 0 Å². The van der Waals surface area contributed by atoms with E-state index in [0.717, 1.165) is 12.8 Å². The van der Waals surface area contributed by atoms with Crippen molar-refractivity contribution >= 4 is 5.91 Å². The summed E-state index contributed by atoms with van der Waals surface area (Å²) in [6.45, 7) is 2.67. The Morgan fingerprint density at radius 1 is 1.69 bits per heavy atom. The van der Waals surface area contributed by atoms with Crippen LogP contribution < -0.4 is 11.1 Å². The molecule has 1 atom stereocenters. The van der Waals surface area contributed by atoms with Crippen LogP contribution in [-0.2, 0) is 11.3 Å². The first-order chi connectivity index (χ1) is 7.64. The number of nitrogens with one attached hydrogen (secondary N) is 1. The maximum atomic E-state index is 11.8. The van der Waals surface area contributed by atoms with Gasteiger partial charge in [-0.25, -0.2) is 4.68 Å². The number of nitrogens with zero attached hydrogens (tertiary/aromatic N) is 3. The van der Waals surface area contributed by atoms with Crippen molar-refractivity contribution in [3.05, 3.63) is 12.4 Å². The number of aromatic nitrogens is 3. The first kappa shape index (κ1) is 11.1. The number of hydrogen-bond acceptors (Lipinski definition) is 4. The molecular formula is C10H17N5O. The minimum absolute atomic E-state index is 0.0645. The summed E-state index contributed by atoms with van der Waals surface area (Å²) in [5, 5.41) is 10.4.